The normalized spacial score (nSPS) is 11.0. The second-order valence-electron chi connectivity index (χ2n) is 4.66. The van der Waals surface area contributed by atoms with Crippen LogP contribution in [0.4, 0.5) is 5.69 Å². The maximum Gasteiger partial charge on any atom is 0.264 e. The SMILES string of the molecule is Cn1ncc2c(=O)n(CCNc3ccccc3Br)cnc21. The van der Waals surface area contributed by atoms with Gasteiger partial charge in [0.2, 0.25) is 0 Å². The van der Waals surface area contributed by atoms with E-state index in [4.69, 9.17) is 0 Å². The minimum Gasteiger partial charge on any atom is -0.382 e. The summed E-state index contributed by atoms with van der Waals surface area (Å²) in [6, 6.07) is 7.87. The lowest BCUT2D eigenvalue weighted by atomic mass is 10.3. The fourth-order valence-corrected chi connectivity index (χ4v) is 2.57. The first-order valence-corrected chi connectivity index (χ1v) is 7.31. The number of hydrogen-bond acceptors (Lipinski definition) is 4. The van der Waals surface area contributed by atoms with Crippen molar-refractivity contribution in [3.05, 3.63) is 51.6 Å². The van der Waals surface area contributed by atoms with Crippen molar-refractivity contribution < 1.29 is 0 Å². The largest absolute Gasteiger partial charge is 0.382 e. The van der Waals surface area contributed by atoms with Gasteiger partial charge in [0.1, 0.15) is 11.7 Å². The average Bonchev–Trinajstić information content (AvgIpc) is 2.86. The summed E-state index contributed by atoms with van der Waals surface area (Å²) in [6.45, 7) is 1.17. The van der Waals surface area contributed by atoms with Crippen LogP contribution in [0.15, 0.2) is 46.1 Å². The molecule has 0 unspecified atom stereocenters. The zero-order valence-corrected chi connectivity index (χ0v) is 13.0. The Hall–Kier alpha value is -2.15. The predicted octanol–water partition coefficient (Wildman–Crippen LogP) is 2.00. The van der Waals surface area contributed by atoms with Crippen molar-refractivity contribution in [2.75, 3.05) is 11.9 Å². The third-order valence-electron chi connectivity index (χ3n) is 3.26. The number of nitrogens with zero attached hydrogens (tertiary/aromatic N) is 4. The van der Waals surface area contributed by atoms with Crippen molar-refractivity contribution in [3.8, 4) is 0 Å². The Morgan fingerprint density at radius 1 is 1.33 bits per heavy atom. The second kappa shape index (κ2) is 5.69. The summed E-state index contributed by atoms with van der Waals surface area (Å²) in [4.78, 5) is 16.6. The van der Waals surface area contributed by atoms with E-state index in [9.17, 15) is 4.79 Å². The summed E-state index contributed by atoms with van der Waals surface area (Å²) in [7, 11) is 1.77. The summed E-state index contributed by atoms with van der Waals surface area (Å²) < 4.78 is 4.19. The number of benzene rings is 1. The molecule has 0 saturated carbocycles. The van der Waals surface area contributed by atoms with E-state index in [0.717, 1.165) is 10.2 Å². The lowest BCUT2D eigenvalue weighted by Gasteiger charge is -2.09. The Bertz CT molecular complexity index is 839. The maximum atomic E-state index is 12.3. The van der Waals surface area contributed by atoms with Gasteiger partial charge in [0.05, 0.1) is 6.20 Å². The molecule has 0 aliphatic heterocycles. The molecule has 21 heavy (non-hydrogen) atoms. The first-order chi connectivity index (χ1) is 10.2. The zero-order chi connectivity index (χ0) is 14.8. The lowest BCUT2D eigenvalue weighted by molar-refractivity contribution is 0.686. The second-order valence-corrected chi connectivity index (χ2v) is 5.51. The van der Waals surface area contributed by atoms with Crippen molar-refractivity contribution in [2.45, 2.75) is 6.54 Å². The molecule has 6 nitrogen and oxygen atoms in total. The third-order valence-corrected chi connectivity index (χ3v) is 3.95. The van der Waals surface area contributed by atoms with Gasteiger partial charge in [-0.25, -0.2) is 4.98 Å². The fourth-order valence-electron chi connectivity index (χ4n) is 2.14. The molecule has 0 spiro atoms. The summed E-state index contributed by atoms with van der Waals surface area (Å²) in [6.07, 6.45) is 3.12. The van der Waals surface area contributed by atoms with Crippen LogP contribution >= 0.6 is 15.9 Å². The van der Waals surface area contributed by atoms with Crippen molar-refractivity contribution in [1.82, 2.24) is 19.3 Å². The van der Waals surface area contributed by atoms with Crippen LogP contribution in [0.5, 0.6) is 0 Å². The van der Waals surface area contributed by atoms with E-state index in [2.05, 4.69) is 31.3 Å². The van der Waals surface area contributed by atoms with Gasteiger partial charge in [-0.1, -0.05) is 12.1 Å². The van der Waals surface area contributed by atoms with Crippen LogP contribution in [-0.4, -0.2) is 25.9 Å². The van der Waals surface area contributed by atoms with E-state index in [0.29, 0.717) is 24.1 Å². The summed E-state index contributed by atoms with van der Waals surface area (Å²) in [5.74, 6) is 0. The molecule has 3 aromatic rings. The molecule has 108 valence electrons. The Morgan fingerprint density at radius 3 is 2.95 bits per heavy atom. The highest BCUT2D eigenvalue weighted by Crippen LogP contribution is 2.20. The first-order valence-electron chi connectivity index (χ1n) is 6.52. The van der Waals surface area contributed by atoms with E-state index < -0.39 is 0 Å². The van der Waals surface area contributed by atoms with Gasteiger partial charge in [-0.2, -0.15) is 5.10 Å². The molecular weight excluding hydrogens is 334 g/mol. The van der Waals surface area contributed by atoms with Crippen molar-refractivity contribution >= 4 is 32.7 Å². The van der Waals surface area contributed by atoms with Gasteiger partial charge in [-0.15, -0.1) is 0 Å². The first kappa shape index (κ1) is 13.8. The molecule has 3 rings (SSSR count). The van der Waals surface area contributed by atoms with Crippen LogP contribution in [0, 0.1) is 0 Å². The Balaban J connectivity index is 1.75. The number of aryl methyl sites for hydroxylation is 1. The van der Waals surface area contributed by atoms with E-state index in [-0.39, 0.29) is 5.56 Å². The summed E-state index contributed by atoms with van der Waals surface area (Å²) in [5, 5.41) is 7.89. The van der Waals surface area contributed by atoms with Crippen molar-refractivity contribution in [2.24, 2.45) is 7.05 Å². The minimum absolute atomic E-state index is 0.0676. The standard InChI is InChI=1S/C14H14BrN5O/c1-19-13-10(8-18-19)14(21)20(9-17-13)7-6-16-12-5-3-2-4-11(12)15/h2-5,8-9,16H,6-7H2,1H3. The van der Waals surface area contributed by atoms with E-state index in [1.54, 1.807) is 28.8 Å². The van der Waals surface area contributed by atoms with Crippen LogP contribution in [0.2, 0.25) is 0 Å². The molecule has 1 aromatic carbocycles. The van der Waals surface area contributed by atoms with Crippen LogP contribution < -0.4 is 10.9 Å². The smallest absolute Gasteiger partial charge is 0.264 e. The van der Waals surface area contributed by atoms with Crippen LogP contribution in [0.1, 0.15) is 0 Å². The van der Waals surface area contributed by atoms with E-state index >= 15 is 0 Å². The quantitative estimate of drug-likeness (QED) is 0.783. The lowest BCUT2D eigenvalue weighted by Crippen LogP contribution is -2.24. The number of fused-ring (bicyclic) bond motifs is 1. The Kier molecular flexibility index (Phi) is 3.74. The maximum absolute atomic E-state index is 12.3. The van der Waals surface area contributed by atoms with Gasteiger partial charge in [0, 0.05) is 30.3 Å². The van der Waals surface area contributed by atoms with Gasteiger partial charge >= 0.3 is 0 Å². The zero-order valence-electron chi connectivity index (χ0n) is 11.5. The monoisotopic (exact) mass is 347 g/mol. The fraction of sp³-hybridized carbons (Fsp3) is 0.214. The molecule has 7 heteroatoms. The highest BCUT2D eigenvalue weighted by atomic mass is 79.9. The number of para-hydroxylation sites is 1. The van der Waals surface area contributed by atoms with E-state index in [1.807, 2.05) is 24.3 Å². The van der Waals surface area contributed by atoms with Gasteiger partial charge in [-0.3, -0.25) is 14.0 Å². The molecule has 0 saturated heterocycles. The van der Waals surface area contributed by atoms with Crippen LogP contribution in [0.25, 0.3) is 11.0 Å². The number of halogens is 1. The molecule has 0 fully saturated rings. The van der Waals surface area contributed by atoms with Gasteiger partial charge in [0.15, 0.2) is 5.65 Å². The number of hydrogen-bond donors (Lipinski definition) is 1. The number of anilines is 1. The molecule has 2 heterocycles. The highest BCUT2D eigenvalue weighted by Gasteiger charge is 2.07. The molecule has 0 bridgehead atoms. The average molecular weight is 348 g/mol. The van der Waals surface area contributed by atoms with Crippen molar-refractivity contribution in [1.29, 1.82) is 0 Å². The number of aromatic nitrogens is 4. The predicted molar refractivity (Wildman–Crippen MR) is 85.4 cm³/mol. The molecule has 0 amide bonds. The minimum atomic E-state index is -0.0676. The number of nitrogens with one attached hydrogen (secondary N) is 1. The third kappa shape index (κ3) is 2.69. The molecule has 0 aliphatic carbocycles. The Morgan fingerprint density at radius 2 is 2.14 bits per heavy atom. The molecule has 2 aromatic heterocycles. The van der Waals surface area contributed by atoms with Crippen LogP contribution in [0.3, 0.4) is 0 Å². The van der Waals surface area contributed by atoms with Gasteiger partial charge in [-0.05, 0) is 28.1 Å². The van der Waals surface area contributed by atoms with Crippen LogP contribution in [-0.2, 0) is 13.6 Å². The topological polar surface area (TPSA) is 64.7 Å². The molecule has 0 radical (unpaired) electrons. The van der Waals surface area contributed by atoms with E-state index in [1.165, 1.54) is 0 Å². The van der Waals surface area contributed by atoms with Gasteiger partial charge < -0.3 is 5.32 Å². The number of rotatable bonds is 4. The molecule has 0 atom stereocenters. The van der Waals surface area contributed by atoms with Crippen molar-refractivity contribution in [3.63, 3.8) is 0 Å². The summed E-state index contributed by atoms with van der Waals surface area (Å²) >= 11 is 3.48. The summed E-state index contributed by atoms with van der Waals surface area (Å²) in [5.41, 5.74) is 1.54. The molecule has 1 N–H and O–H groups in total. The van der Waals surface area contributed by atoms with Gasteiger partial charge in [0.25, 0.3) is 5.56 Å². The molecular formula is C14H14BrN5O. The Labute approximate surface area is 129 Å². The highest BCUT2D eigenvalue weighted by molar-refractivity contribution is 9.10. The molecule has 0 aliphatic rings.